The number of benzene rings is 1. The fourth-order valence-corrected chi connectivity index (χ4v) is 7.78. The van der Waals surface area contributed by atoms with Gasteiger partial charge in [-0.05, 0) is 85.8 Å². The molecular formula is C23H24Cl3N5O4. The normalized spacial score (nSPS) is 29.4. The van der Waals surface area contributed by atoms with E-state index in [1.807, 2.05) is 0 Å². The van der Waals surface area contributed by atoms with Gasteiger partial charge in [0.2, 0.25) is 0 Å². The highest BCUT2D eigenvalue weighted by Gasteiger charge is 2.61. The quantitative estimate of drug-likeness (QED) is 0.167. The number of nitro groups is 1. The molecule has 2 unspecified atom stereocenters. The minimum Gasteiger partial charge on any atom is -0.380 e. The number of aromatic nitrogens is 2. The third-order valence-electron chi connectivity index (χ3n) is 7.77. The van der Waals surface area contributed by atoms with E-state index in [1.54, 1.807) is 23.7 Å². The standard InChI is InChI=1S/C23H24Cl3N5O4/c1-12-19(26)21(31(33)34)28-30(12)23-8-13-4-14(9-23)7-22(6-13,11-23)10-18(32)35-29-20(27)16-3-2-15(24)5-17(16)25/h2-3,5,13-14H,4,6-11H2,1H3,(H2,27,29). The number of hydrogen-bond donors (Lipinski definition) is 1. The molecule has 9 nitrogen and oxygen atoms in total. The minimum absolute atomic E-state index is 0.0175. The van der Waals surface area contributed by atoms with Crippen molar-refractivity contribution < 1.29 is 14.6 Å². The van der Waals surface area contributed by atoms with Crippen molar-refractivity contribution in [2.45, 2.75) is 57.4 Å². The number of hydrogen-bond acceptors (Lipinski definition) is 6. The van der Waals surface area contributed by atoms with Crippen molar-refractivity contribution in [3.05, 3.63) is 54.6 Å². The number of oxime groups is 1. The molecule has 2 atom stereocenters. The van der Waals surface area contributed by atoms with Crippen LogP contribution in [0.5, 0.6) is 0 Å². The molecule has 186 valence electrons. The molecule has 0 radical (unpaired) electrons. The molecule has 4 saturated carbocycles. The molecule has 2 N–H and O–H groups in total. The fourth-order valence-electron chi connectivity index (χ4n) is 7.09. The SMILES string of the molecule is Cc1c(Cl)c([N+](=O)[O-])nn1C12CC3CC(CC(CC(=O)O/N=C(\N)c4ccc(Cl)cc4Cl)(C3)C1)C2. The first kappa shape index (κ1) is 24.3. The Kier molecular flexibility index (Phi) is 6.01. The number of nitrogens with zero attached hydrogens (tertiary/aromatic N) is 4. The maximum Gasteiger partial charge on any atom is 0.408 e. The van der Waals surface area contributed by atoms with Crippen LogP contribution in [-0.4, -0.2) is 26.5 Å². The van der Waals surface area contributed by atoms with E-state index in [9.17, 15) is 14.9 Å². The fraction of sp³-hybridized carbons (Fsp3) is 0.522. The van der Waals surface area contributed by atoms with Crippen molar-refractivity contribution in [3.63, 3.8) is 0 Å². The molecule has 0 amide bonds. The zero-order chi connectivity index (χ0) is 25.1. The van der Waals surface area contributed by atoms with Gasteiger partial charge in [0.25, 0.3) is 0 Å². The van der Waals surface area contributed by atoms with E-state index in [-0.39, 0.29) is 28.5 Å². The lowest BCUT2D eigenvalue weighted by atomic mass is 9.46. The summed E-state index contributed by atoms with van der Waals surface area (Å²) in [5, 5.41) is 20.4. The summed E-state index contributed by atoms with van der Waals surface area (Å²) < 4.78 is 1.77. The van der Waals surface area contributed by atoms with Crippen LogP contribution in [0, 0.1) is 34.3 Å². The largest absolute Gasteiger partial charge is 0.408 e. The Morgan fingerprint density at radius 2 is 1.97 bits per heavy atom. The second-order valence-electron chi connectivity index (χ2n) is 10.3. The molecule has 12 heteroatoms. The lowest BCUT2D eigenvalue weighted by molar-refractivity contribution is -0.389. The van der Waals surface area contributed by atoms with Gasteiger partial charge in [-0.1, -0.05) is 40.0 Å². The summed E-state index contributed by atoms with van der Waals surface area (Å²) in [7, 11) is 0. The zero-order valence-corrected chi connectivity index (χ0v) is 21.2. The van der Waals surface area contributed by atoms with Gasteiger partial charge in [-0.15, -0.1) is 0 Å². The molecular weight excluding hydrogens is 517 g/mol. The third kappa shape index (κ3) is 4.27. The maximum absolute atomic E-state index is 12.9. The first-order chi connectivity index (χ1) is 16.5. The van der Waals surface area contributed by atoms with Gasteiger partial charge in [-0.3, -0.25) is 0 Å². The van der Waals surface area contributed by atoms with Crippen molar-refractivity contribution in [2.24, 2.45) is 28.1 Å². The lowest BCUT2D eigenvalue weighted by Crippen LogP contribution is -2.57. The summed E-state index contributed by atoms with van der Waals surface area (Å²) in [4.78, 5) is 29.0. The van der Waals surface area contributed by atoms with E-state index in [1.165, 1.54) is 6.07 Å². The third-order valence-corrected chi connectivity index (χ3v) is 8.76. The number of halogens is 3. The van der Waals surface area contributed by atoms with Crippen LogP contribution in [0.3, 0.4) is 0 Å². The molecule has 1 heterocycles. The molecule has 4 bridgehead atoms. The molecule has 35 heavy (non-hydrogen) atoms. The van der Waals surface area contributed by atoms with Crippen molar-refractivity contribution in [3.8, 4) is 0 Å². The predicted octanol–water partition coefficient (Wildman–Crippen LogP) is 5.61. The first-order valence-corrected chi connectivity index (χ1v) is 12.5. The topological polar surface area (TPSA) is 126 Å². The van der Waals surface area contributed by atoms with Crippen LogP contribution in [0.25, 0.3) is 0 Å². The van der Waals surface area contributed by atoms with Crippen molar-refractivity contribution in [2.75, 3.05) is 0 Å². The summed E-state index contributed by atoms with van der Waals surface area (Å²) in [5.74, 6) is 0.00495. The molecule has 4 aliphatic carbocycles. The molecule has 1 aromatic heterocycles. The Morgan fingerprint density at radius 3 is 2.57 bits per heavy atom. The van der Waals surface area contributed by atoms with Crippen LogP contribution in [-0.2, 0) is 15.2 Å². The van der Waals surface area contributed by atoms with Gasteiger partial charge in [0.05, 0.1) is 27.8 Å². The van der Waals surface area contributed by atoms with Gasteiger partial charge in [0.1, 0.15) is 0 Å². The summed E-state index contributed by atoms with van der Waals surface area (Å²) in [6.07, 6.45) is 5.50. The number of amidine groups is 1. The van der Waals surface area contributed by atoms with Crippen LogP contribution in [0.1, 0.15) is 56.2 Å². The average molecular weight is 541 g/mol. The minimum atomic E-state index is -0.547. The van der Waals surface area contributed by atoms with E-state index in [0.717, 1.165) is 32.1 Å². The molecule has 4 aliphatic rings. The van der Waals surface area contributed by atoms with E-state index in [0.29, 0.717) is 39.6 Å². The summed E-state index contributed by atoms with van der Waals surface area (Å²) >= 11 is 18.3. The predicted molar refractivity (Wildman–Crippen MR) is 132 cm³/mol. The van der Waals surface area contributed by atoms with Crippen molar-refractivity contribution in [1.29, 1.82) is 0 Å². The van der Waals surface area contributed by atoms with Crippen molar-refractivity contribution in [1.82, 2.24) is 9.78 Å². The maximum atomic E-state index is 12.9. The zero-order valence-electron chi connectivity index (χ0n) is 19.0. The number of carbonyl (C=O) groups is 1. The van der Waals surface area contributed by atoms with Crippen LogP contribution >= 0.6 is 34.8 Å². The highest BCUT2D eigenvalue weighted by molar-refractivity contribution is 6.36. The molecule has 0 spiro atoms. The second kappa shape index (κ2) is 8.64. The van der Waals surface area contributed by atoms with Gasteiger partial charge in [0, 0.05) is 10.6 Å². The van der Waals surface area contributed by atoms with Gasteiger partial charge in [-0.2, -0.15) is 4.68 Å². The Hall–Kier alpha value is -2.36. The van der Waals surface area contributed by atoms with E-state index in [4.69, 9.17) is 45.4 Å². The van der Waals surface area contributed by atoms with Gasteiger partial charge < -0.3 is 20.7 Å². The summed E-state index contributed by atoms with van der Waals surface area (Å²) in [5.41, 5.74) is 6.30. The van der Waals surface area contributed by atoms with E-state index < -0.39 is 16.4 Å². The molecule has 2 aromatic rings. The van der Waals surface area contributed by atoms with Crippen LogP contribution in [0.4, 0.5) is 5.82 Å². The number of carbonyl (C=O) groups excluding carboxylic acids is 1. The highest BCUT2D eigenvalue weighted by atomic mass is 35.5. The molecule has 4 fully saturated rings. The van der Waals surface area contributed by atoms with Crippen LogP contribution in [0.15, 0.2) is 23.4 Å². The van der Waals surface area contributed by atoms with Gasteiger partial charge in [-0.25, -0.2) is 4.79 Å². The Balaban J connectivity index is 1.37. The molecule has 0 aliphatic heterocycles. The second-order valence-corrected chi connectivity index (χ2v) is 11.5. The van der Waals surface area contributed by atoms with Crippen molar-refractivity contribution >= 4 is 52.4 Å². The van der Waals surface area contributed by atoms with Crippen LogP contribution in [0.2, 0.25) is 15.1 Å². The molecule has 1 aromatic carbocycles. The average Bonchev–Trinajstić information content (AvgIpc) is 3.06. The highest BCUT2D eigenvalue weighted by Crippen LogP contribution is 2.65. The smallest absolute Gasteiger partial charge is 0.380 e. The Morgan fingerprint density at radius 1 is 1.29 bits per heavy atom. The molecule has 6 rings (SSSR count). The monoisotopic (exact) mass is 539 g/mol. The summed E-state index contributed by atoms with van der Waals surface area (Å²) in [6, 6.07) is 4.76. The number of nitrogens with two attached hydrogens (primary N) is 1. The number of rotatable bonds is 6. The van der Waals surface area contributed by atoms with E-state index in [2.05, 4.69) is 10.3 Å². The Bertz CT molecular complexity index is 1250. The Labute approximate surface area is 216 Å². The van der Waals surface area contributed by atoms with E-state index >= 15 is 0 Å². The first-order valence-electron chi connectivity index (χ1n) is 11.4. The lowest BCUT2D eigenvalue weighted by Gasteiger charge is -2.61. The van der Waals surface area contributed by atoms with Gasteiger partial charge >= 0.3 is 11.8 Å². The molecule has 0 saturated heterocycles. The van der Waals surface area contributed by atoms with Gasteiger partial charge in [0.15, 0.2) is 10.9 Å². The summed E-state index contributed by atoms with van der Waals surface area (Å²) in [6.45, 7) is 1.77. The van der Waals surface area contributed by atoms with Crippen LogP contribution < -0.4 is 5.73 Å².